The van der Waals surface area contributed by atoms with Crippen molar-refractivity contribution in [1.29, 1.82) is 0 Å². The number of hydrogen-bond donors (Lipinski definition) is 5. The molecule has 1 atom stereocenters. The maximum atomic E-state index is 14.0. The third kappa shape index (κ3) is 11.2. The number of aromatic hydroxyl groups is 1. The number of aromatic nitrogens is 2. The van der Waals surface area contributed by atoms with Crippen LogP contribution in [0.3, 0.4) is 0 Å². The Bertz CT molecular complexity index is 2510. The van der Waals surface area contributed by atoms with Gasteiger partial charge in [0.1, 0.15) is 18.1 Å². The third-order valence-corrected chi connectivity index (χ3v) is 10.2. The first-order chi connectivity index (χ1) is 29.4. The minimum atomic E-state index is -2.29. The van der Waals surface area contributed by atoms with Crippen molar-refractivity contribution in [3.8, 4) is 22.9 Å². The van der Waals surface area contributed by atoms with E-state index in [-0.39, 0.29) is 47.4 Å². The molecule has 3 aromatic carbocycles. The van der Waals surface area contributed by atoms with Gasteiger partial charge in [-0.3, -0.25) is 19.2 Å². The highest BCUT2D eigenvalue weighted by Gasteiger charge is 2.43. The van der Waals surface area contributed by atoms with Crippen LogP contribution >= 0.6 is 0 Å². The molecule has 1 aliphatic heterocycles. The first-order valence-corrected chi connectivity index (χ1v) is 20.2. The normalized spacial score (nSPS) is 12.8. The number of ether oxygens (including phenoxy) is 2. The zero-order valence-electron chi connectivity index (χ0n) is 34.1. The number of esters is 2. The van der Waals surface area contributed by atoms with Gasteiger partial charge in [-0.2, -0.15) is 0 Å². The molecule has 0 bridgehead atoms. The molecule has 14 heteroatoms. The SMILES string of the molecule is CC[C@@](O)(C(=O)Oc1ccc(C=CC(=O)NCCCNCCCCNC(=O)C=Cc2ccc(O)cc2)cc1)c1cc2n(c(=O)c1COC(C)=O)Cc1cc3ccccc3nc1-2. The van der Waals surface area contributed by atoms with Crippen molar-refractivity contribution in [3.63, 3.8) is 0 Å². The summed E-state index contributed by atoms with van der Waals surface area (Å²) in [6, 6.07) is 24.0. The van der Waals surface area contributed by atoms with E-state index in [1.165, 1.54) is 35.8 Å². The molecule has 0 spiro atoms. The molecule has 5 aromatic rings. The van der Waals surface area contributed by atoms with Crippen molar-refractivity contribution in [2.75, 3.05) is 26.2 Å². The molecule has 0 saturated heterocycles. The van der Waals surface area contributed by atoms with Gasteiger partial charge < -0.3 is 40.2 Å². The Labute approximate surface area is 352 Å². The number of benzene rings is 3. The Hall–Kier alpha value is -6.90. The van der Waals surface area contributed by atoms with E-state index in [1.54, 1.807) is 61.5 Å². The van der Waals surface area contributed by atoms with E-state index in [2.05, 4.69) is 16.0 Å². The van der Waals surface area contributed by atoms with Crippen molar-refractivity contribution in [2.24, 2.45) is 0 Å². The molecule has 0 saturated carbocycles. The topological polar surface area (TPSA) is 198 Å². The summed E-state index contributed by atoms with van der Waals surface area (Å²) < 4.78 is 12.4. The summed E-state index contributed by atoms with van der Waals surface area (Å²) in [5.74, 6) is -1.78. The van der Waals surface area contributed by atoms with Crippen molar-refractivity contribution >= 4 is 46.8 Å². The summed E-state index contributed by atoms with van der Waals surface area (Å²) >= 11 is 0. The fourth-order valence-corrected chi connectivity index (χ4v) is 6.86. The van der Waals surface area contributed by atoms with Crippen molar-refractivity contribution in [1.82, 2.24) is 25.5 Å². The van der Waals surface area contributed by atoms with Crippen LogP contribution in [0.2, 0.25) is 0 Å². The van der Waals surface area contributed by atoms with Crippen LogP contribution in [-0.2, 0) is 42.7 Å². The van der Waals surface area contributed by atoms with Crippen molar-refractivity contribution in [3.05, 3.63) is 135 Å². The number of amides is 2. The predicted molar refractivity (Wildman–Crippen MR) is 231 cm³/mol. The minimum Gasteiger partial charge on any atom is -0.508 e. The minimum absolute atomic E-state index is 0.0305. The van der Waals surface area contributed by atoms with E-state index in [0.29, 0.717) is 30.0 Å². The molecule has 0 fully saturated rings. The molecule has 0 unspecified atom stereocenters. The van der Waals surface area contributed by atoms with Crippen LogP contribution < -0.4 is 26.2 Å². The number of hydrogen-bond acceptors (Lipinski definition) is 11. The second-order valence-corrected chi connectivity index (χ2v) is 14.6. The number of nitrogens with zero attached hydrogens (tertiary/aromatic N) is 2. The Morgan fingerprint density at radius 1 is 0.836 bits per heavy atom. The van der Waals surface area contributed by atoms with Crippen LogP contribution in [0, 0.1) is 0 Å². The highest BCUT2D eigenvalue weighted by Crippen LogP contribution is 2.37. The van der Waals surface area contributed by atoms with E-state index in [0.717, 1.165) is 54.4 Å². The van der Waals surface area contributed by atoms with E-state index in [9.17, 15) is 34.2 Å². The van der Waals surface area contributed by atoms with Gasteiger partial charge >= 0.3 is 11.9 Å². The number of rotatable bonds is 19. The van der Waals surface area contributed by atoms with Crippen LogP contribution in [0.4, 0.5) is 0 Å². The van der Waals surface area contributed by atoms with Crippen molar-refractivity contribution < 1.29 is 38.9 Å². The molecular weight excluding hydrogens is 779 g/mol. The van der Waals surface area contributed by atoms with Crippen LogP contribution in [0.15, 0.2) is 102 Å². The fraction of sp³-hybridized carbons (Fsp3) is 0.277. The van der Waals surface area contributed by atoms with E-state index < -0.39 is 29.7 Å². The number of phenolic OH excluding ortho intramolecular Hbond substituents is 1. The fourth-order valence-electron chi connectivity index (χ4n) is 6.86. The average molecular weight is 828 g/mol. The van der Waals surface area contributed by atoms with Crippen LogP contribution in [-0.4, -0.2) is 69.7 Å². The van der Waals surface area contributed by atoms with Gasteiger partial charge in [0, 0.05) is 48.7 Å². The summed E-state index contributed by atoms with van der Waals surface area (Å²) in [6.07, 6.45) is 8.46. The standard InChI is InChI=1S/C47H49N5O9/c1-3-47(59,39-28-41-44-35(27-34-9-4-5-10-40(34)51-44)29-52(41)45(57)38(39)30-60-31(2)53)46(58)61-37-19-13-33(14-20-37)16-22-43(56)50-26-8-24-48-23-6-7-25-49-42(55)21-15-32-11-17-36(54)18-12-32/h4-5,9-22,27-28,48,54,59H,3,6-8,23-26,29-30H2,1-2H3,(H,49,55)(H,50,56)/t47-/m0/s1. The smallest absolute Gasteiger partial charge is 0.348 e. The number of carbonyl (C=O) groups is 4. The van der Waals surface area contributed by atoms with Gasteiger partial charge in [-0.25, -0.2) is 9.78 Å². The number of pyridine rings is 2. The quantitative estimate of drug-likeness (QED) is 0.0315. The second-order valence-electron chi connectivity index (χ2n) is 14.6. The van der Waals surface area contributed by atoms with Gasteiger partial charge in [-0.05, 0) is 105 Å². The largest absolute Gasteiger partial charge is 0.508 e. The number of phenols is 1. The molecule has 0 aliphatic carbocycles. The second kappa shape index (κ2) is 20.4. The monoisotopic (exact) mass is 827 g/mol. The average Bonchev–Trinajstić information content (AvgIpc) is 3.62. The first kappa shape index (κ1) is 43.7. The molecule has 14 nitrogen and oxygen atoms in total. The number of para-hydroxylation sites is 1. The summed E-state index contributed by atoms with van der Waals surface area (Å²) in [7, 11) is 0. The number of carbonyl (C=O) groups excluding carboxylic acids is 4. The Balaban J connectivity index is 0.967. The number of nitrogens with one attached hydrogen (secondary N) is 3. The lowest BCUT2D eigenvalue weighted by Gasteiger charge is -2.27. The Morgan fingerprint density at radius 3 is 2.13 bits per heavy atom. The van der Waals surface area contributed by atoms with Gasteiger partial charge in [-0.15, -0.1) is 0 Å². The van der Waals surface area contributed by atoms with Gasteiger partial charge in [0.05, 0.1) is 29.0 Å². The highest BCUT2D eigenvalue weighted by atomic mass is 16.6. The molecule has 61 heavy (non-hydrogen) atoms. The maximum absolute atomic E-state index is 14.0. The lowest BCUT2D eigenvalue weighted by molar-refractivity contribution is -0.157. The zero-order valence-corrected chi connectivity index (χ0v) is 34.1. The summed E-state index contributed by atoms with van der Waals surface area (Å²) in [6.45, 7) is 5.11. The van der Waals surface area contributed by atoms with Gasteiger partial charge in [0.2, 0.25) is 11.8 Å². The Kier molecular flexibility index (Phi) is 14.6. The molecule has 316 valence electrons. The molecule has 2 amide bonds. The molecule has 6 rings (SSSR count). The number of fused-ring (bicyclic) bond motifs is 4. The lowest BCUT2D eigenvalue weighted by Crippen LogP contribution is -2.42. The first-order valence-electron chi connectivity index (χ1n) is 20.2. The molecule has 2 aromatic heterocycles. The number of unbranched alkanes of at least 4 members (excludes halogenated alkanes) is 1. The molecule has 1 aliphatic rings. The van der Waals surface area contributed by atoms with Crippen LogP contribution in [0.25, 0.3) is 34.4 Å². The van der Waals surface area contributed by atoms with Gasteiger partial charge in [-0.1, -0.05) is 49.4 Å². The van der Waals surface area contributed by atoms with E-state index in [4.69, 9.17) is 14.5 Å². The highest BCUT2D eigenvalue weighted by molar-refractivity contribution is 5.92. The van der Waals surface area contributed by atoms with Gasteiger partial charge in [0.15, 0.2) is 5.60 Å². The predicted octanol–water partition coefficient (Wildman–Crippen LogP) is 5.12. The van der Waals surface area contributed by atoms with E-state index in [1.807, 2.05) is 30.3 Å². The summed E-state index contributed by atoms with van der Waals surface area (Å²) in [5.41, 5.74) is 1.12. The molecular formula is C47H49N5O9. The molecule has 5 N–H and O–H groups in total. The Morgan fingerprint density at radius 2 is 1.46 bits per heavy atom. The zero-order chi connectivity index (χ0) is 43.4. The van der Waals surface area contributed by atoms with Crippen LogP contribution in [0.1, 0.15) is 67.3 Å². The summed E-state index contributed by atoms with van der Waals surface area (Å²) in [4.78, 5) is 68.8. The molecule has 0 radical (unpaired) electrons. The van der Waals surface area contributed by atoms with E-state index >= 15 is 0 Å². The summed E-state index contributed by atoms with van der Waals surface area (Å²) in [5, 5.41) is 31.3. The van der Waals surface area contributed by atoms with Crippen LogP contribution in [0.5, 0.6) is 11.5 Å². The maximum Gasteiger partial charge on any atom is 0.348 e. The van der Waals surface area contributed by atoms with Gasteiger partial charge in [0.25, 0.3) is 5.56 Å². The third-order valence-electron chi connectivity index (χ3n) is 10.2. The molecule has 3 heterocycles. The van der Waals surface area contributed by atoms with Crippen molar-refractivity contribution in [2.45, 2.75) is 58.3 Å². The lowest BCUT2D eigenvalue weighted by atomic mass is 9.87. The number of aliphatic hydroxyl groups is 1.